The van der Waals surface area contributed by atoms with Crippen LogP contribution in [0.2, 0.25) is 0 Å². The number of hydrogen-bond donors (Lipinski definition) is 15. The van der Waals surface area contributed by atoms with Crippen molar-refractivity contribution in [3.63, 3.8) is 0 Å². The molecule has 15 N–H and O–H groups in total. The molecule has 490 valence electrons. The third kappa shape index (κ3) is 11.2. The number of aliphatic hydroxyl groups excluding tert-OH is 15. The quantitative estimate of drug-likeness (QED) is 0.0671. The number of aliphatic hydroxyl groups is 15. The van der Waals surface area contributed by atoms with E-state index in [4.69, 9.17) is 47.4 Å². The molecule has 10 fully saturated rings. The zero-order valence-corrected chi connectivity index (χ0v) is 50.0. The fourth-order valence-electron chi connectivity index (χ4n) is 18.3. The Hall–Kier alpha value is -1.49. The summed E-state index contributed by atoms with van der Waals surface area (Å²) in [6, 6.07) is 0. The van der Waals surface area contributed by atoms with Gasteiger partial charge < -0.3 is 124 Å². The highest BCUT2D eigenvalue weighted by molar-refractivity contribution is 5.78. The van der Waals surface area contributed by atoms with E-state index in [1.807, 2.05) is 6.92 Å². The first-order valence-corrected chi connectivity index (χ1v) is 30.9. The molecule has 6 unspecified atom stereocenters. The topological polar surface area (TPSA) is 413 Å². The van der Waals surface area contributed by atoms with E-state index in [-0.39, 0.29) is 58.5 Å². The van der Waals surface area contributed by atoms with Crippen molar-refractivity contribution in [2.24, 2.45) is 56.2 Å². The van der Waals surface area contributed by atoms with Crippen molar-refractivity contribution in [1.82, 2.24) is 0 Å². The van der Waals surface area contributed by atoms with Gasteiger partial charge in [-0.3, -0.25) is 4.79 Å². The molecule has 0 aromatic heterocycles. The Morgan fingerprint density at radius 3 is 1.69 bits per heavy atom. The number of rotatable bonds is 13. The lowest BCUT2D eigenvalue weighted by Gasteiger charge is -2.73. The van der Waals surface area contributed by atoms with Gasteiger partial charge in [0.1, 0.15) is 104 Å². The van der Waals surface area contributed by atoms with E-state index < -0.39 is 184 Å². The Kier molecular flexibility index (Phi) is 19.2. The first kappa shape index (κ1) is 66.4. The predicted octanol–water partition coefficient (Wildman–Crippen LogP) is -2.46. The second-order valence-corrected chi connectivity index (χ2v) is 28.9. The number of fused-ring (bicyclic) bond motifs is 7. The van der Waals surface area contributed by atoms with Crippen molar-refractivity contribution in [2.45, 2.75) is 280 Å². The number of carbonyl (C=O) groups is 1. The second-order valence-electron chi connectivity index (χ2n) is 28.9. The average molecular weight is 1220 g/mol. The van der Waals surface area contributed by atoms with Crippen LogP contribution in [0.15, 0.2) is 0 Å². The summed E-state index contributed by atoms with van der Waals surface area (Å²) in [6.07, 6.45) is -30.4. The molecular formula is C59H98O26. The standard InChI is InChI=1S/C59H98O26/c1-24-34(63)38(67)42(71)49(78-24)83-46-29(20-60)80-48(45(74)41(46)70)77-22-30-37(66)40(69)44(73)51(81-30)85-53(75)59-17-15-54(3,4)19-27(59)26-9-10-32-55(5)13-12-33(56(6,23-61)31(55)11-14-58(32,8)57(26,7)16-18-59)82-52-47(36(65)28(62)21-76-52)84-50-43(72)39(68)35(64)25(2)79-50/h24-52,60-74H,9-23H2,1-8H3/t24-,25+,26+,27-,28-,29+,30?,31+,32+,33-,34-,35-,36-,37+,38+,39+,40-,41+,42+,43+,44+,45+,46+,47+,48?,49?,50-,51?,52?,55-,56?,57+,58+,59-/m0/s1. The summed E-state index contributed by atoms with van der Waals surface area (Å²) in [5.74, 6) is -0.507. The van der Waals surface area contributed by atoms with Crippen LogP contribution in [-0.2, 0) is 52.2 Å². The molecule has 5 heterocycles. The molecule has 5 aliphatic heterocycles. The summed E-state index contributed by atoms with van der Waals surface area (Å²) in [7, 11) is 0. The summed E-state index contributed by atoms with van der Waals surface area (Å²) in [6.45, 7) is 14.6. The zero-order chi connectivity index (χ0) is 62.0. The van der Waals surface area contributed by atoms with E-state index in [0.29, 0.717) is 32.1 Å². The van der Waals surface area contributed by atoms with Crippen LogP contribution in [0.25, 0.3) is 0 Å². The van der Waals surface area contributed by atoms with Gasteiger partial charge in [0, 0.05) is 5.41 Å². The summed E-state index contributed by atoms with van der Waals surface area (Å²) in [5.41, 5.74) is -2.73. The van der Waals surface area contributed by atoms with Crippen LogP contribution in [0, 0.1) is 56.2 Å². The molecule has 0 radical (unpaired) electrons. The predicted molar refractivity (Wildman–Crippen MR) is 288 cm³/mol. The van der Waals surface area contributed by atoms with Gasteiger partial charge in [-0.15, -0.1) is 0 Å². The summed E-state index contributed by atoms with van der Waals surface area (Å²) < 4.78 is 59.5. The van der Waals surface area contributed by atoms with Gasteiger partial charge in [-0.05, 0) is 130 Å². The van der Waals surface area contributed by atoms with Crippen molar-refractivity contribution in [1.29, 1.82) is 0 Å². The number of carbonyl (C=O) groups excluding carboxylic acids is 1. The van der Waals surface area contributed by atoms with E-state index >= 15 is 4.79 Å². The van der Waals surface area contributed by atoms with Crippen molar-refractivity contribution < 1.29 is 129 Å². The van der Waals surface area contributed by atoms with Crippen LogP contribution < -0.4 is 0 Å². The van der Waals surface area contributed by atoms with E-state index in [1.165, 1.54) is 13.8 Å². The second kappa shape index (κ2) is 24.5. The van der Waals surface area contributed by atoms with Gasteiger partial charge in [0.25, 0.3) is 0 Å². The van der Waals surface area contributed by atoms with Gasteiger partial charge in [0.05, 0.1) is 50.2 Å². The molecule has 10 aliphatic rings. The summed E-state index contributed by atoms with van der Waals surface area (Å²) in [5, 5.41) is 163. The normalized spacial score (nSPS) is 56.2. The monoisotopic (exact) mass is 1220 g/mol. The first-order valence-electron chi connectivity index (χ1n) is 30.9. The minimum absolute atomic E-state index is 0.0377. The Morgan fingerprint density at radius 2 is 1.07 bits per heavy atom. The highest BCUT2D eigenvalue weighted by Crippen LogP contribution is 2.77. The fourth-order valence-corrected chi connectivity index (χ4v) is 18.3. The maximum Gasteiger partial charge on any atom is 0.314 e. The third-order valence-electron chi connectivity index (χ3n) is 23.8. The minimum Gasteiger partial charge on any atom is -0.432 e. The maximum absolute atomic E-state index is 15.3. The zero-order valence-electron chi connectivity index (χ0n) is 50.0. The lowest BCUT2D eigenvalue weighted by atomic mass is 9.31. The molecule has 0 amide bonds. The van der Waals surface area contributed by atoms with Crippen LogP contribution in [0.3, 0.4) is 0 Å². The lowest BCUT2D eigenvalue weighted by molar-refractivity contribution is -0.366. The highest BCUT2D eigenvalue weighted by Gasteiger charge is 2.72. The van der Waals surface area contributed by atoms with E-state index in [9.17, 15) is 76.6 Å². The average Bonchev–Trinajstić information content (AvgIpc) is 0.688. The largest absolute Gasteiger partial charge is 0.432 e. The molecule has 5 saturated heterocycles. The van der Waals surface area contributed by atoms with Gasteiger partial charge >= 0.3 is 5.97 Å². The molecule has 0 aromatic carbocycles. The van der Waals surface area contributed by atoms with Gasteiger partial charge in [-0.1, -0.05) is 41.5 Å². The Bertz CT molecular complexity index is 2300. The molecule has 34 atom stereocenters. The van der Waals surface area contributed by atoms with Gasteiger partial charge in [0.2, 0.25) is 6.29 Å². The molecule has 5 aliphatic carbocycles. The molecule has 5 saturated carbocycles. The maximum atomic E-state index is 15.3. The van der Waals surface area contributed by atoms with E-state index in [1.54, 1.807) is 0 Å². The molecule has 0 spiro atoms. The summed E-state index contributed by atoms with van der Waals surface area (Å²) in [4.78, 5) is 15.3. The van der Waals surface area contributed by atoms with Gasteiger partial charge in [-0.25, -0.2) is 0 Å². The van der Waals surface area contributed by atoms with Crippen molar-refractivity contribution in [2.75, 3.05) is 26.4 Å². The molecule has 0 aromatic rings. The Labute approximate surface area is 495 Å². The molecule has 26 heteroatoms. The number of hydrogen-bond acceptors (Lipinski definition) is 26. The fraction of sp³-hybridized carbons (Fsp3) is 0.983. The van der Waals surface area contributed by atoms with Gasteiger partial charge in [-0.2, -0.15) is 0 Å². The highest BCUT2D eigenvalue weighted by atomic mass is 16.8. The van der Waals surface area contributed by atoms with Crippen LogP contribution in [-0.4, -0.2) is 263 Å². The third-order valence-corrected chi connectivity index (χ3v) is 23.8. The Morgan fingerprint density at radius 1 is 0.494 bits per heavy atom. The van der Waals surface area contributed by atoms with Crippen LogP contribution in [0.5, 0.6) is 0 Å². The molecule has 0 bridgehead atoms. The minimum atomic E-state index is -1.89. The van der Waals surface area contributed by atoms with E-state index in [2.05, 4.69) is 34.6 Å². The number of ether oxygens (including phenoxy) is 10. The van der Waals surface area contributed by atoms with Crippen molar-refractivity contribution in [3.05, 3.63) is 0 Å². The van der Waals surface area contributed by atoms with Crippen molar-refractivity contribution >= 4 is 5.97 Å². The van der Waals surface area contributed by atoms with Gasteiger partial charge in [0.15, 0.2) is 25.2 Å². The van der Waals surface area contributed by atoms with Crippen LogP contribution >= 0.6 is 0 Å². The summed E-state index contributed by atoms with van der Waals surface area (Å²) >= 11 is 0. The molecule has 85 heavy (non-hydrogen) atoms. The van der Waals surface area contributed by atoms with E-state index in [0.717, 1.165) is 38.5 Å². The Balaban J connectivity index is 0.818. The first-order chi connectivity index (χ1) is 39.8. The van der Waals surface area contributed by atoms with Crippen LogP contribution in [0.4, 0.5) is 0 Å². The SMILES string of the molecule is C[C@@H]1OC(O[C@H]2[C@H](O)[C@@H](O)C(OCC3OC(OC(=O)[C@]45CCC(C)(C)C[C@H]4[C@H]4CC[C@@H]6[C@@]7(C)CC[C@H](OC8OC[C@H](O)[C@H](O)[C@H]8O[C@@H]8O[C@H](C)[C@H](O)[C@@H](O)[C@H]8O)C(C)(CO)[C@@H]7CC[C@@]6(C)[C@]4(C)CC5)[C@H](O)[C@@H](O)[C@@H]3O)O[C@@H]2CO)[C@H](O)[C@H](O)[C@H]1O. The van der Waals surface area contributed by atoms with Crippen molar-refractivity contribution in [3.8, 4) is 0 Å². The smallest absolute Gasteiger partial charge is 0.314 e. The van der Waals surface area contributed by atoms with Crippen LogP contribution in [0.1, 0.15) is 126 Å². The number of esters is 1. The molecule has 26 nitrogen and oxygen atoms in total. The molecule has 10 rings (SSSR count). The lowest BCUT2D eigenvalue weighted by Crippen LogP contribution is -2.69. The molecular weight excluding hydrogens is 1120 g/mol.